The largest absolute Gasteiger partial charge is 0.370 e. The maximum atomic E-state index is 5.88. The first-order chi connectivity index (χ1) is 9.54. The van der Waals surface area contributed by atoms with Crippen molar-refractivity contribution < 1.29 is 4.74 Å². The van der Waals surface area contributed by atoms with Crippen molar-refractivity contribution in [2.24, 2.45) is 5.84 Å². The van der Waals surface area contributed by atoms with Crippen molar-refractivity contribution >= 4 is 39.1 Å². The lowest BCUT2D eigenvalue weighted by Gasteiger charge is -2.30. The normalized spacial score (nSPS) is 17.2. The number of aromatic nitrogens is 2. The van der Waals surface area contributed by atoms with E-state index in [1.54, 1.807) is 23.1 Å². The number of rotatable bonds is 3. The molecule has 0 fully saturated rings. The van der Waals surface area contributed by atoms with E-state index in [9.17, 15) is 0 Å². The number of hydrogen-bond donors (Lipinski definition) is 2. The summed E-state index contributed by atoms with van der Waals surface area (Å²) in [5.74, 6) is 7.33. The number of nitrogens with two attached hydrogens (primary N) is 1. The van der Waals surface area contributed by atoms with Crippen molar-refractivity contribution in [1.82, 2.24) is 9.97 Å². The van der Waals surface area contributed by atoms with E-state index in [1.165, 1.54) is 10.4 Å². The van der Waals surface area contributed by atoms with Gasteiger partial charge in [0.2, 0.25) is 0 Å². The van der Waals surface area contributed by atoms with Crippen LogP contribution in [-0.2, 0) is 17.8 Å². The van der Waals surface area contributed by atoms with Gasteiger partial charge in [0.25, 0.3) is 0 Å². The third-order valence-electron chi connectivity index (χ3n) is 3.32. The number of hydrazine groups is 1. The van der Waals surface area contributed by atoms with E-state index < -0.39 is 0 Å². The Hall–Kier alpha value is -0.890. The van der Waals surface area contributed by atoms with Gasteiger partial charge in [0.05, 0.1) is 17.6 Å². The average Bonchev–Trinajstić information content (AvgIpc) is 2.74. The highest BCUT2D eigenvalue weighted by atomic mass is 32.2. The Kier molecular flexibility index (Phi) is 3.62. The summed E-state index contributed by atoms with van der Waals surface area (Å²) in [5, 5.41) is 1.83. The molecule has 20 heavy (non-hydrogen) atoms. The summed E-state index contributed by atoms with van der Waals surface area (Å²) in [5.41, 5.74) is 3.86. The lowest BCUT2D eigenvalue weighted by Crippen LogP contribution is -2.31. The molecule has 0 unspecified atom stereocenters. The van der Waals surface area contributed by atoms with Crippen LogP contribution in [0.25, 0.3) is 10.2 Å². The molecule has 0 atom stereocenters. The molecule has 0 saturated carbocycles. The summed E-state index contributed by atoms with van der Waals surface area (Å²) < 4.78 is 5.88. The second-order valence-corrected chi connectivity index (χ2v) is 7.66. The van der Waals surface area contributed by atoms with Crippen LogP contribution in [0.15, 0.2) is 5.16 Å². The molecule has 1 aliphatic rings. The van der Waals surface area contributed by atoms with E-state index >= 15 is 0 Å². The van der Waals surface area contributed by atoms with Gasteiger partial charge in [-0.3, -0.25) is 0 Å². The molecule has 0 bridgehead atoms. The number of fused-ring (bicyclic) bond motifs is 3. The van der Waals surface area contributed by atoms with Crippen LogP contribution in [0.2, 0.25) is 0 Å². The number of ether oxygens (including phenoxy) is 1. The minimum atomic E-state index is -0.149. The number of anilines is 1. The van der Waals surface area contributed by atoms with Crippen LogP contribution in [-0.4, -0.2) is 21.3 Å². The Morgan fingerprint density at radius 3 is 2.95 bits per heavy atom. The molecule has 0 aliphatic carbocycles. The topological polar surface area (TPSA) is 73.1 Å². The fraction of sp³-hybridized carbons (Fsp3) is 0.538. The predicted octanol–water partition coefficient (Wildman–Crippen LogP) is 2.94. The van der Waals surface area contributed by atoms with Crippen LogP contribution in [0, 0.1) is 0 Å². The zero-order chi connectivity index (χ0) is 14.3. The van der Waals surface area contributed by atoms with Crippen LogP contribution in [0.3, 0.4) is 0 Å². The van der Waals surface area contributed by atoms with Gasteiger partial charge in [-0.25, -0.2) is 15.8 Å². The zero-order valence-electron chi connectivity index (χ0n) is 11.8. The van der Waals surface area contributed by atoms with Gasteiger partial charge >= 0.3 is 0 Å². The second-order valence-electron chi connectivity index (χ2n) is 5.34. The number of thioether (sulfide) groups is 1. The van der Waals surface area contributed by atoms with E-state index in [0.29, 0.717) is 6.61 Å². The first kappa shape index (κ1) is 14.1. The highest BCUT2D eigenvalue weighted by molar-refractivity contribution is 7.99. The molecule has 3 rings (SSSR count). The number of thiophene rings is 1. The van der Waals surface area contributed by atoms with E-state index in [2.05, 4.69) is 36.2 Å². The van der Waals surface area contributed by atoms with Gasteiger partial charge in [-0.15, -0.1) is 11.3 Å². The third kappa shape index (κ3) is 2.39. The van der Waals surface area contributed by atoms with Gasteiger partial charge in [-0.1, -0.05) is 18.7 Å². The number of nitrogens with zero attached hydrogens (tertiary/aromatic N) is 2. The van der Waals surface area contributed by atoms with Crippen LogP contribution >= 0.6 is 23.1 Å². The van der Waals surface area contributed by atoms with Crippen molar-refractivity contribution in [2.45, 2.75) is 44.6 Å². The summed E-state index contributed by atoms with van der Waals surface area (Å²) in [7, 11) is 0. The zero-order valence-corrected chi connectivity index (χ0v) is 13.5. The molecule has 0 radical (unpaired) electrons. The smallest absolute Gasteiger partial charge is 0.190 e. The van der Waals surface area contributed by atoms with Gasteiger partial charge in [0.15, 0.2) is 11.0 Å². The average molecular weight is 310 g/mol. The lowest BCUT2D eigenvalue weighted by molar-refractivity contribution is -0.0379. The Morgan fingerprint density at radius 1 is 1.45 bits per heavy atom. The molecule has 0 aromatic carbocycles. The monoisotopic (exact) mass is 310 g/mol. The Balaban J connectivity index is 2.19. The fourth-order valence-electron chi connectivity index (χ4n) is 2.42. The van der Waals surface area contributed by atoms with Crippen LogP contribution in [0.4, 0.5) is 5.82 Å². The van der Waals surface area contributed by atoms with Crippen molar-refractivity contribution in [3.05, 3.63) is 10.4 Å². The Labute approximate surface area is 126 Å². The molecule has 5 nitrogen and oxygen atoms in total. The highest BCUT2D eigenvalue weighted by Gasteiger charge is 2.30. The summed E-state index contributed by atoms with van der Waals surface area (Å²) in [4.78, 5) is 11.4. The summed E-state index contributed by atoms with van der Waals surface area (Å²) in [6.07, 6.45) is 0.862. The van der Waals surface area contributed by atoms with Gasteiger partial charge < -0.3 is 10.2 Å². The number of hydrogen-bond acceptors (Lipinski definition) is 7. The van der Waals surface area contributed by atoms with E-state index in [1.807, 2.05) is 0 Å². The van der Waals surface area contributed by atoms with Crippen LogP contribution in [0.1, 0.15) is 31.2 Å². The van der Waals surface area contributed by atoms with E-state index in [-0.39, 0.29) is 5.60 Å². The molecule has 3 heterocycles. The van der Waals surface area contributed by atoms with E-state index in [0.717, 1.165) is 33.4 Å². The van der Waals surface area contributed by atoms with Crippen molar-refractivity contribution in [3.63, 3.8) is 0 Å². The maximum absolute atomic E-state index is 5.88. The first-order valence-electron chi connectivity index (χ1n) is 6.59. The molecular weight excluding hydrogens is 292 g/mol. The van der Waals surface area contributed by atoms with E-state index in [4.69, 9.17) is 10.6 Å². The summed E-state index contributed by atoms with van der Waals surface area (Å²) in [6, 6.07) is 0. The lowest BCUT2D eigenvalue weighted by atomic mass is 9.94. The minimum Gasteiger partial charge on any atom is -0.370 e. The van der Waals surface area contributed by atoms with Gasteiger partial charge in [-0.2, -0.15) is 0 Å². The summed E-state index contributed by atoms with van der Waals surface area (Å²) >= 11 is 3.31. The number of nitrogens with one attached hydrogen (secondary N) is 1. The Morgan fingerprint density at radius 2 is 2.25 bits per heavy atom. The molecule has 0 spiro atoms. The second kappa shape index (κ2) is 5.14. The van der Waals surface area contributed by atoms with Crippen molar-refractivity contribution in [2.75, 3.05) is 11.2 Å². The molecule has 2 aromatic rings. The molecule has 1 aliphatic heterocycles. The maximum Gasteiger partial charge on any atom is 0.190 e. The highest BCUT2D eigenvalue weighted by Crippen LogP contribution is 2.41. The summed E-state index contributed by atoms with van der Waals surface area (Å²) in [6.45, 7) is 6.95. The molecule has 3 N–H and O–H groups in total. The van der Waals surface area contributed by atoms with Gasteiger partial charge in [-0.05, 0) is 25.2 Å². The standard InChI is InChI=1S/C13H18N4OS2/c1-4-19-12-15-10(17-14)9-7-5-13(2,3)18-6-8(7)20-11(9)16-12/h4-6,14H2,1-3H3,(H,15,16,17). The van der Waals surface area contributed by atoms with Crippen molar-refractivity contribution in [1.29, 1.82) is 0 Å². The molecule has 7 heteroatoms. The SMILES string of the molecule is CCSc1nc(NN)c2c3c(sc2n1)COC(C)(C)C3. The predicted molar refractivity (Wildman–Crippen MR) is 84.2 cm³/mol. The quantitative estimate of drug-likeness (QED) is 0.393. The fourth-order valence-corrected chi connectivity index (χ4v) is 4.15. The van der Waals surface area contributed by atoms with Gasteiger partial charge in [0.1, 0.15) is 4.83 Å². The van der Waals surface area contributed by atoms with Crippen LogP contribution in [0.5, 0.6) is 0 Å². The molecule has 0 amide bonds. The Bertz CT molecular complexity index is 653. The molecule has 108 valence electrons. The van der Waals surface area contributed by atoms with Crippen molar-refractivity contribution in [3.8, 4) is 0 Å². The number of nitrogen functional groups attached to an aromatic ring is 1. The molecular formula is C13H18N4OS2. The minimum absolute atomic E-state index is 0.149. The first-order valence-corrected chi connectivity index (χ1v) is 8.40. The van der Waals surface area contributed by atoms with Gasteiger partial charge in [0, 0.05) is 11.3 Å². The molecule has 0 saturated heterocycles. The third-order valence-corrected chi connectivity index (χ3v) is 5.15. The molecule has 2 aromatic heterocycles. The van der Waals surface area contributed by atoms with Crippen LogP contribution < -0.4 is 11.3 Å².